The monoisotopic (exact) mass is 302 g/mol. The van der Waals surface area contributed by atoms with Gasteiger partial charge >= 0.3 is 0 Å². The van der Waals surface area contributed by atoms with Crippen LogP contribution in [0.15, 0.2) is 21.6 Å². The molecule has 13 heavy (non-hydrogen) atoms. The maximum atomic E-state index is 12.7. The highest BCUT2D eigenvalue weighted by atomic mass is 79.9. The maximum Gasteiger partial charge on any atom is 0.124 e. The first-order valence-electron chi connectivity index (χ1n) is 3.42. The molecule has 1 rings (SSSR count). The number of benzene rings is 1. The minimum absolute atomic E-state index is 0.323. The Labute approximate surface area is 93.1 Å². The Bertz CT molecular complexity index is 384. The normalized spacial score (nSPS) is 9.08. The molecule has 66 valence electrons. The van der Waals surface area contributed by atoms with E-state index in [1.54, 1.807) is 12.1 Å². The van der Waals surface area contributed by atoms with Crippen LogP contribution < -0.4 is 0 Å². The Morgan fingerprint density at radius 3 is 2.69 bits per heavy atom. The molecule has 0 unspecified atom stereocenters. The number of rotatable bonds is 1. The summed E-state index contributed by atoms with van der Waals surface area (Å²) < 4.78 is 13.5. The van der Waals surface area contributed by atoms with Crippen molar-refractivity contribution in [1.29, 1.82) is 0 Å². The van der Waals surface area contributed by atoms with Gasteiger partial charge in [-0.15, -0.1) is 6.42 Å². The second-order valence-electron chi connectivity index (χ2n) is 2.31. The van der Waals surface area contributed by atoms with Crippen LogP contribution in [0.5, 0.6) is 0 Å². The largest absolute Gasteiger partial charge is 0.207 e. The van der Waals surface area contributed by atoms with E-state index >= 15 is 0 Å². The van der Waals surface area contributed by atoms with Crippen molar-refractivity contribution in [1.82, 2.24) is 0 Å². The summed E-state index contributed by atoms with van der Waals surface area (Å²) >= 11 is 6.42. The zero-order chi connectivity index (χ0) is 9.84. The Morgan fingerprint density at radius 2 is 2.15 bits per heavy atom. The third-order valence-corrected chi connectivity index (χ3v) is 1.89. The zero-order valence-electron chi connectivity index (χ0n) is 6.52. The lowest BCUT2D eigenvalue weighted by atomic mass is 10.1. The number of hydrogen-bond acceptors (Lipinski definition) is 0. The van der Waals surface area contributed by atoms with Crippen LogP contribution in [-0.2, 0) is 0 Å². The molecule has 0 N–H and O–H groups in total. The fourth-order valence-electron chi connectivity index (χ4n) is 0.897. The van der Waals surface area contributed by atoms with Crippen LogP contribution in [-0.4, -0.2) is 0 Å². The van der Waals surface area contributed by atoms with Crippen LogP contribution >= 0.6 is 31.9 Å². The molecule has 0 atom stereocenters. The molecule has 3 heteroatoms. The smallest absolute Gasteiger partial charge is 0.124 e. The molecule has 0 aromatic heterocycles. The van der Waals surface area contributed by atoms with Crippen LogP contribution in [0.25, 0.3) is 6.08 Å². The molecule has 0 spiro atoms. The Hall–Kier alpha value is -0.590. The highest BCUT2D eigenvalue weighted by Gasteiger charge is 1.99. The second-order valence-corrected chi connectivity index (χ2v) is 5.08. The topological polar surface area (TPSA) is 0 Å². The summed E-state index contributed by atoms with van der Waals surface area (Å²) in [7, 11) is 0. The maximum absolute atomic E-state index is 12.7. The number of hydrogen-bond donors (Lipinski definition) is 0. The van der Waals surface area contributed by atoms with Gasteiger partial charge in [-0.2, -0.15) is 0 Å². The summed E-state index contributed by atoms with van der Waals surface area (Å²) in [6.07, 6.45) is 6.99. The summed E-state index contributed by atoms with van der Waals surface area (Å²) in [5.41, 5.74) is 1.34. The molecular formula is C10H5Br2F. The highest BCUT2D eigenvalue weighted by Crippen LogP contribution is 2.20. The van der Waals surface area contributed by atoms with Crippen molar-refractivity contribution in [3.05, 3.63) is 38.5 Å². The molecule has 0 aliphatic carbocycles. The van der Waals surface area contributed by atoms with Gasteiger partial charge in [0.1, 0.15) is 5.82 Å². The van der Waals surface area contributed by atoms with Crippen molar-refractivity contribution in [2.45, 2.75) is 0 Å². The third kappa shape index (κ3) is 2.98. The van der Waals surface area contributed by atoms with Gasteiger partial charge < -0.3 is 0 Å². The van der Waals surface area contributed by atoms with Crippen LogP contribution in [0.3, 0.4) is 0 Å². The van der Waals surface area contributed by atoms with E-state index in [0.29, 0.717) is 5.56 Å². The first-order valence-corrected chi connectivity index (χ1v) is 5.01. The third-order valence-electron chi connectivity index (χ3n) is 1.44. The summed E-state index contributed by atoms with van der Waals surface area (Å²) in [5, 5.41) is 0. The lowest BCUT2D eigenvalue weighted by Gasteiger charge is -1.98. The van der Waals surface area contributed by atoms with Crippen molar-refractivity contribution in [2.24, 2.45) is 0 Å². The van der Waals surface area contributed by atoms with Crippen LogP contribution in [0.4, 0.5) is 4.39 Å². The van der Waals surface area contributed by atoms with Gasteiger partial charge in [0.05, 0.1) is 3.39 Å². The van der Waals surface area contributed by atoms with Gasteiger partial charge in [-0.3, -0.25) is 0 Å². The average Bonchev–Trinajstić information content (AvgIpc) is 2.07. The quantitative estimate of drug-likeness (QED) is 0.690. The minimum atomic E-state index is -0.323. The van der Waals surface area contributed by atoms with Crippen molar-refractivity contribution in [2.75, 3.05) is 0 Å². The van der Waals surface area contributed by atoms with Gasteiger partial charge in [0, 0.05) is 5.56 Å². The van der Waals surface area contributed by atoms with Gasteiger partial charge in [0.15, 0.2) is 0 Å². The van der Waals surface area contributed by atoms with Crippen molar-refractivity contribution in [3.63, 3.8) is 0 Å². The molecule has 0 nitrogen and oxygen atoms in total. The van der Waals surface area contributed by atoms with Crippen LogP contribution in [0, 0.1) is 18.2 Å². The molecule has 0 saturated carbocycles. The van der Waals surface area contributed by atoms with E-state index in [-0.39, 0.29) is 5.82 Å². The molecule has 0 saturated heterocycles. The molecule has 0 heterocycles. The van der Waals surface area contributed by atoms with E-state index in [1.165, 1.54) is 12.1 Å². The molecular weight excluding hydrogens is 299 g/mol. The summed E-state index contributed by atoms with van der Waals surface area (Å²) in [4.78, 5) is 0. The Kier molecular flexibility index (Phi) is 3.71. The molecule has 0 amide bonds. The summed E-state index contributed by atoms with van der Waals surface area (Å²) in [6, 6.07) is 4.33. The first-order chi connectivity index (χ1) is 6.13. The van der Waals surface area contributed by atoms with E-state index < -0.39 is 0 Å². The lowest BCUT2D eigenvalue weighted by Crippen LogP contribution is -1.83. The highest BCUT2D eigenvalue weighted by molar-refractivity contribution is 9.28. The lowest BCUT2D eigenvalue weighted by molar-refractivity contribution is 0.627. The Balaban J connectivity index is 3.24. The van der Waals surface area contributed by atoms with Gasteiger partial charge in [0.2, 0.25) is 0 Å². The molecule has 1 aromatic rings. The SMILES string of the molecule is C#Cc1cc(F)ccc1C=C(Br)Br. The van der Waals surface area contributed by atoms with Gasteiger partial charge in [-0.25, -0.2) is 4.39 Å². The summed E-state index contributed by atoms with van der Waals surface area (Å²) in [5.74, 6) is 2.09. The molecule has 1 aromatic carbocycles. The van der Waals surface area contributed by atoms with E-state index in [9.17, 15) is 4.39 Å². The van der Waals surface area contributed by atoms with Gasteiger partial charge in [0.25, 0.3) is 0 Å². The molecule has 0 radical (unpaired) electrons. The van der Waals surface area contributed by atoms with Crippen molar-refractivity contribution in [3.8, 4) is 12.3 Å². The molecule has 0 aliphatic heterocycles. The van der Waals surface area contributed by atoms with E-state index in [2.05, 4.69) is 37.8 Å². The minimum Gasteiger partial charge on any atom is -0.207 e. The fourth-order valence-corrected chi connectivity index (χ4v) is 1.39. The van der Waals surface area contributed by atoms with Crippen LogP contribution in [0.2, 0.25) is 0 Å². The van der Waals surface area contributed by atoms with Crippen LogP contribution in [0.1, 0.15) is 11.1 Å². The van der Waals surface area contributed by atoms with Gasteiger partial charge in [-0.05, 0) is 55.6 Å². The van der Waals surface area contributed by atoms with Crippen molar-refractivity contribution < 1.29 is 4.39 Å². The average molecular weight is 304 g/mol. The second kappa shape index (κ2) is 4.59. The molecule has 0 fully saturated rings. The number of halogens is 3. The zero-order valence-corrected chi connectivity index (χ0v) is 9.69. The van der Waals surface area contributed by atoms with Gasteiger partial charge in [-0.1, -0.05) is 12.0 Å². The van der Waals surface area contributed by atoms with E-state index in [4.69, 9.17) is 6.42 Å². The first kappa shape index (κ1) is 10.5. The number of terminal acetylenes is 1. The molecule has 0 bridgehead atoms. The predicted octanol–water partition coefficient (Wildman–Crippen LogP) is 3.90. The van der Waals surface area contributed by atoms with E-state index in [1.807, 2.05) is 0 Å². The summed E-state index contributed by atoms with van der Waals surface area (Å²) in [6.45, 7) is 0. The Morgan fingerprint density at radius 1 is 1.46 bits per heavy atom. The standard InChI is InChI=1S/C10H5Br2F/c1-2-7-5-9(13)4-3-8(7)6-10(11)12/h1,3-6H. The predicted molar refractivity (Wildman–Crippen MR) is 60.2 cm³/mol. The van der Waals surface area contributed by atoms with E-state index in [0.717, 1.165) is 8.96 Å². The fraction of sp³-hybridized carbons (Fsp3) is 0. The molecule has 0 aliphatic rings. The van der Waals surface area contributed by atoms with Crippen molar-refractivity contribution >= 4 is 37.9 Å².